The topological polar surface area (TPSA) is 242 Å². The van der Waals surface area contributed by atoms with Crippen molar-refractivity contribution in [1.29, 1.82) is 0 Å². The standard InChI is InChI=1S/C24H32N14O2/c25-15-4-6-17(7-5-15)31-23-35-19(33-21(37-23)29-10-12-39)27-8-9-28-20-34-22(30-11-13-40)38-24(36-20)32-18-3-1-2-16(26)14-18/h1-7,14,39-40H,8-13,25-26H2,(H3,27,29,31,33,35,37)(H3,28,30,32,34,36,38). The van der Waals surface area contributed by atoms with Crippen LogP contribution >= 0.6 is 0 Å². The van der Waals surface area contributed by atoms with Gasteiger partial charge in [-0.05, 0) is 42.5 Å². The van der Waals surface area contributed by atoms with Gasteiger partial charge in [0.2, 0.25) is 35.7 Å². The van der Waals surface area contributed by atoms with E-state index in [1.54, 1.807) is 24.3 Å². The smallest absolute Gasteiger partial charge is 0.233 e. The average molecular weight is 549 g/mol. The van der Waals surface area contributed by atoms with E-state index >= 15 is 0 Å². The Labute approximate surface area is 230 Å². The van der Waals surface area contributed by atoms with Gasteiger partial charge in [0.15, 0.2) is 0 Å². The molecule has 0 saturated heterocycles. The van der Waals surface area contributed by atoms with Crippen LogP contribution in [-0.2, 0) is 0 Å². The molecule has 0 saturated carbocycles. The third-order valence-corrected chi connectivity index (χ3v) is 5.06. The van der Waals surface area contributed by atoms with Crippen LogP contribution in [0.2, 0.25) is 0 Å². The largest absolute Gasteiger partial charge is 0.399 e. The lowest BCUT2D eigenvalue weighted by Crippen LogP contribution is -2.19. The molecule has 2 aromatic carbocycles. The summed E-state index contributed by atoms with van der Waals surface area (Å²) in [7, 11) is 0. The van der Waals surface area contributed by atoms with Crippen molar-refractivity contribution in [3.63, 3.8) is 0 Å². The van der Waals surface area contributed by atoms with Gasteiger partial charge in [0.1, 0.15) is 0 Å². The summed E-state index contributed by atoms with van der Waals surface area (Å²) in [5, 5.41) is 36.7. The number of nitrogens with two attached hydrogens (primary N) is 2. The van der Waals surface area contributed by atoms with Gasteiger partial charge in [-0.3, -0.25) is 0 Å². The van der Waals surface area contributed by atoms with Gasteiger partial charge in [-0.2, -0.15) is 29.9 Å². The molecule has 2 aromatic heterocycles. The molecular weight excluding hydrogens is 516 g/mol. The van der Waals surface area contributed by atoms with E-state index in [2.05, 4.69) is 61.8 Å². The molecule has 12 N–H and O–H groups in total. The van der Waals surface area contributed by atoms with Crippen molar-refractivity contribution in [2.24, 2.45) is 0 Å². The summed E-state index contributed by atoms with van der Waals surface area (Å²) in [6.45, 7) is 1.23. The monoisotopic (exact) mass is 548 g/mol. The van der Waals surface area contributed by atoms with Gasteiger partial charge in [0.05, 0.1) is 13.2 Å². The van der Waals surface area contributed by atoms with Crippen molar-refractivity contribution in [3.05, 3.63) is 48.5 Å². The number of benzene rings is 2. The molecule has 0 fully saturated rings. The molecule has 210 valence electrons. The van der Waals surface area contributed by atoms with Crippen molar-refractivity contribution in [1.82, 2.24) is 29.9 Å². The summed E-state index contributed by atoms with van der Waals surface area (Å²) in [6, 6.07) is 14.3. The molecule has 0 atom stereocenters. The Bertz CT molecular complexity index is 1370. The van der Waals surface area contributed by atoms with Gasteiger partial charge in [0, 0.05) is 48.9 Å². The van der Waals surface area contributed by atoms with Crippen LogP contribution in [0.15, 0.2) is 48.5 Å². The molecular formula is C24H32N14O2. The maximum atomic E-state index is 9.16. The lowest BCUT2D eigenvalue weighted by molar-refractivity contribution is 0.310. The fraction of sp³-hybridized carbons (Fsp3) is 0.250. The van der Waals surface area contributed by atoms with E-state index in [9.17, 15) is 0 Å². The summed E-state index contributed by atoms with van der Waals surface area (Å²) >= 11 is 0. The minimum atomic E-state index is -0.0768. The van der Waals surface area contributed by atoms with Crippen molar-refractivity contribution in [3.8, 4) is 0 Å². The van der Waals surface area contributed by atoms with Crippen LogP contribution in [0.1, 0.15) is 0 Å². The molecule has 16 nitrogen and oxygen atoms in total. The van der Waals surface area contributed by atoms with E-state index in [0.29, 0.717) is 60.2 Å². The molecule has 0 aliphatic carbocycles. The van der Waals surface area contributed by atoms with E-state index in [0.717, 1.165) is 11.4 Å². The van der Waals surface area contributed by atoms with Crippen molar-refractivity contribution in [2.45, 2.75) is 0 Å². The Morgan fingerprint density at radius 1 is 0.500 bits per heavy atom. The SMILES string of the molecule is Nc1ccc(Nc2nc(NCCO)nc(NCCNc3nc(NCCO)nc(Nc4cccc(N)c4)n3)n2)cc1. The Balaban J connectivity index is 1.41. The third-order valence-electron chi connectivity index (χ3n) is 5.06. The van der Waals surface area contributed by atoms with E-state index in [1.165, 1.54) is 0 Å². The van der Waals surface area contributed by atoms with Crippen molar-refractivity contribution in [2.75, 3.05) is 82.8 Å². The van der Waals surface area contributed by atoms with Crippen LogP contribution in [0.25, 0.3) is 0 Å². The van der Waals surface area contributed by atoms with Gasteiger partial charge in [0.25, 0.3) is 0 Å². The molecule has 0 radical (unpaired) electrons. The summed E-state index contributed by atoms with van der Waals surface area (Å²) in [5.74, 6) is 1.83. The fourth-order valence-corrected chi connectivity index (χ4v) is 3.30. The van der Waals surface area contributed by atoms with Crippen molar-refractivity contribution >= 4 is 58.4 Å². The second-order valence-corrected chi connectivity index (χ2v) is 8.26. The summed E-state index contributed by atoms with van der Waals surface area (Å²) in [4.78, 5) is 26.2. The number of nitrogen functional groups attached to an aromatic ring is 2. The molecule has 4 aromatic rings. The van der Waals surface area contributed by atoms with Crippen LogP contribution in [0.4, 0.5) is 58.4 Å². The van der Waals surface area contributed by atoms with E-state index in [-0.39, 0.29) is 26.3 Å². The summed E-state index contributed by atoms with van der Waals surface area (Å²) in [5.41, 5.74) is 14.3. The number of nitrogens with one attached hydrogen (secondary N) is 6. The van der Waals surface area contributed by atoms with Crippen molar-refractivity contribution < 1.29 is 10.2 Å². The van der Waals surface area contributed by atoms with Crippen LogP contribution in [-0.4, -0.2) is 79.5 Å². The maximum absolute atomic E-state index is 9.16. The van der Waals surface area contributed by atoms with Gasteiger partial charge in [-0.25, -0.2) is 0 Å². The lowest BCUT2D eigenvalue weighted by atomic mass is 10.3. The number of hydrogen-bond acceptors (Lipinski definition) is 16. The Kier molecular flexibility index (Phi) is 9.78. The number of aliphatic hydroxyl groups excluding tert-OH is 2. The zero-order chi connectivity index (χ0) is 28.2. The highest BCUT2D eigenvalue weighted by molar-refractivity contribution is 5.61. The minimum absolute atomic E-state index is 0.0747. The Morgan fingerprint density at radius 3 is 1.43 bits per heavy atom. The zero-order valence-corrected chi connectivity index (χ0v) is 21.6. The highest BCUT2D eigenvalue weighted by Crippen LogP contribution is 2.19. The predicted molar refractivity (Wildman–Crippen MR) is 156 cm³/mol. The first-order chi connectivity index (χ1) is 19.5. The molecule has 2 heterocycles. The van der Waals surface area contributed by atoms with E-state index in [1.807, 2.05) is 24.3 Å². The number of nitrogens with zero attached hydrogens (tertiary/aromatic N) is 6. The van der Waals surface area contributed by atoms with Crippen LogP contribution in [0, 0.1) is 0 Å². The summed E-state index contributed by atoms with van der Waals surface area (Å²) < 4.78 is 0. The maximum Gasteiger partial charge on any atom is 0.233 e. The quantitative estimate of drug-likeness (QED) is 0.0736. The molecule has 0 amide bonds. The second-order valence-electron chi connectivity index (χ2n) is 8.26. The average Bonchev–Trinajstić information content (AvgIpc) is 2.94. The molecule has 0 aliphatic heterocycles. The third kappa shape index (κ3) is 8.67. The highest BCUT2D eigenvalue weighted by Gasteiger charge is 2.09. The normalized spacial score (nSPS) is 10.6. The van der Waals surface area contributed by atoms with Crippen LogP contribution in [0.3, 0.4) is 0 Å². The van der Waals surface area contributed by atoms with Crippen LogP contribution < -0.4 is 43.4 Å². The minimum Gasteiger partial charge on any atom is -0.399 e. The fourth-order valence-electron chi connectivity index (χ4n) is 3.30. The molecule has 0 aliphatic rings. The van der Waals surface area contributed by atoms with E-state index < -0.39 is 0 Å². The van der Waals surface area contributed by atoms with Gasteiger partial charge in [-0.1, -0.05) is 6.07 Å². The molecule has 16 heteroatoms. The van der Waals surface area contributed by atoms with Gasteiger partial charge in [-0.15, -0.1) is 0 Å². The first-order valence-corrected chi connectivity index (χ1v) is 12.5. The number of anilines is 10. The van der Waals surface area contributed by atoms with Gasteiger partial charge >= 0.3 is 0 Å². The molecule has 4 rings (SSSR count). The van der Waals surface area contributed by atoms with Crippen LogP contribution in [0.5, 0.6) is 0 Å². The molecule has 0 unspecified atom stereocenters. The Hall–Kier alpha value is -5.22. The van der Waals surface area contributed by atoms with E-state index in [4.69, 9.17) is 21.7 Å². The number of rotatable bonds is 15. The first-order valence-electron chi connectivity index (χ1n) is 12.5. The number of aromatic nitrogens is 6. The first kappa shape index (κ1) is 27.8. The number of aliphatic hydroxyl groups is 2. The number of hydrogen-bond donors (Lipinski definition) is 10. The van der Waals surface area contributed by atoms with Gasteiger partial charge < -0.3 is 53.6 Å². The zero-order valence-electron chi connectivity index (χ0n) is 21.6. The molecule has 40 heavy (non-hydrogen) atoms. The highest BCUT2D eigenvalue weighted by atomic mass is 16.3. The summed E-state index contributed by atoms with van der Waals surface area (Å²) in [6.07, 6.45) is 0. The molecule has 0 bridgehead atoms. The lowest BCUT2D eigenvalue weighted by Gasteiger charge is -2.13. The Morgan fingerprint density at radius 2 is 0.950 bits per heavy atom. The molecule has 0 spiro atoms. The predicted octanol–water partition coefficient (Wildman–Crippen LogP) is 1.04. The second kappa shape index (κ2) is 14.1.